The molecule has 0 aliphatic heterocycles. The zero-order valence-electron chi connectivity index (χ0n) is 19.3. The molecule has 2 heterocycles. The Morgan fingerprint density at radius 3 is 2.56 bits per heavy atom. The number of carbonyl (C=O) groups excluding carboxylic acids is 1. The van der Waals surface area contributed by atoms with Gasteiger partial charge in [0, 0.05) is 5.56 Å². The number of ether oxygens (including phenoxy) is 1. The van der Waals surface area contributed by atoms with Crippen LogP contribution in [0.5, 0.6) is 0 Å². The SMILES string of the molecule is Cc1ccc(C(=O)N[P@@](=O)(CO[C@H](C)Cn2cnc3c(N)ncnc32)NC(C)(C)C(=O)O)cc1. The fraction of sp³-hybridized carbons (Fsp3) is 0.381. The molecule has 0 aliphatic rings. The number of carboxylic acids is 1. The number of rotatable bonds is 10. The van der Waals surface area contributed by atoms with Gasteiger partial charge in [0.05, 0.1) is 19.0 Å². The monoisotopic (exact) mass is 489 g/mol. The summed E-state index contributed by atoms with van der Waals surface area (Å²) in [5, 5.41) is 14.5. The van der Waals surface area contributed by atoms with Gasteiger partial charge in [-0.15, -0.1) is 0 Å². The number of hydrogen-bond acceptors (Lipinski definition) is 8. The number of benzene rings is 1. The van der Waals surface area contributed by atoms with E-state index in [-0.39, 0.29) is 11.4 Å². The van der Waals surface area contributed by atoms with Crippen LogP contribution in [0.2, 0.25) is 0 Å². The highest BCUT2D eigenvalue weighted by Crippen LogP contribution is 2.39. The van der Waals surface area contributed by atoms with Crippen LogP contribution in [0, 0.1) is 6.92 Å². The average Bonchev–Trinajstić information content (AvgIpc) is 3.16. The van der Waals surface area contributed by atoms with Crippen LogP contribution in [0.4, 0.5) is 5.82 Å². The molecule has 0 unspecified atom stereocenters. The lowest BCUT2D eigenvalue weighted by molar-refractivity contribution is -0.142. The number of carboxylic acid groups (broad SMARTS) is 1. The van der Waals surface area contributed by atoms with Crippen molar-refractivity contribution in [3.8, 4) is 0 Å². The normalized spacial score (nSPS) is 14.5. The van der Waals surface area contributed by atoms with Crippen LogP contribution in [-0.2, 0) is 20.6 Å². The molecular weight excluding hydrogens is 461 g/mol. The molecule has 5 N–H and O–H groups in total. The summed E-state index contributed by atoms with van der Waals surface area (Å²) in [4.78, 5) is 36.6. The summed E-state index contributed by atoms with van der Waals surface area (Å²) >= 11 is 0. The Kier molecular flexibility index (Phi) is 7.35. The van der Waals surface area contributed by atoms with Gasteiger partial charge in [-0.05, 0) is 39.8 Å². The molecule has 3 aromatic rings. The predicted molar refractivity (Wildman–Crippen MR) is 126 cm³/mol. The van der Waals surface area contributed by atoms with Crippen molar-refractivity contribution in [3.05, 3.63) is 48.0 Å². The third-order valence-electron chi connectivity index (χ3n) is 5.01. The lowest BCUT2D eigenvalue weighted by Crippen LogP contribution is -2.48. The maximum Gasteiger partial charge on any atom is 0.323 e. The standard InChI is InChI=1S/C21H28N7O5P/c1-13-5-7-15(8-6-13)19(29)26-34(32,27-21(3,4)20(30)31)12-33-14(2)9-28-11-25-16-17(22)23-10-24-18(16)28/h5-8,10-11,14H,9,12H2,1-4H3,(H,30,31)(H2,22,23,24)(H2,26,27,29,32)/t14-,34+/m1/s1. The molecule has 0 radical (unpaired) electrons. The number of anilines is 1. The smallest absolute Gasteiger partial charge is 0.323 e. The van der Waals surface area contributed by atoms with Crippen LogP contribution in [0.25, 0.3) is 11.2 Å². The third-order valence-corrected chi connectivity index (χ3v) is 7.01. The van der Waals surface area contributed by atoms with Crippen molar-refractivity contribution in [2.45, 2.75) is 45.9 Å². The van der Waals surface area contributed by atoms with Gasteiger partial charge in [-0.2, -0.15) is 0 Å². The number of nitrogen functional groups attached to an aromatic ring is 1. The Morgan fingerprint density at radius 2 is 1.91 bits per heavy atom. The number of nitrogens with zero attached hydrogens (tertiary/aromatic N) is 4. The molecular formula is C21H28N7O5P. The van der Waals surface area contributed by atoms with Gasteiger partial charge in [0.2, 0.25) is 0 Å². The number of aryl methyl sites for hydroxylation is 1. The van der Waals surface area contributed by atoms with Crippen LogP contribution in [0.3, 0.4) is 0 Å². The molecule has 34 heavy (non-hydrogen) atoms. The van der Waals surface area contributed by atoms with Crippen LogP contribution in [0.1, 0.15) is 36.7 Å². The lowest BCUT2D eigenvalue weighted by Gasteiger charge is -2.29. The van der Waals surface area contributed by atoms with Gasteiger partial charge < -0.3 is 20.1 Å². The number of fused-ring (bicyclic) bond motifs is 1. The van der Waals surface area contributed by atoms with E-state index in [2.05, 4.69) is 25.1 Å². The summed E-state index contributed by atoms with van der Waals surface area (Å²) in [5.41, 5.74) is 6.44. The zero-order valence-corrected chi connectivity index (χ0v) is 20.2. The average molecular weight is 489 g/mol. The minimum Gasteiger partial charge on any atom is -0.480 e. The Labute approximate surface area is 196 Å². The van der Waals surface area contributed by atoms with E-state index in [0.717, 1.165) is 5.56 Å². The van der Waals surface area contributed by atoms with Crippen LogP contribution in [0.15, 0.2) is 36.9 Å². The van der Waals surface area contributed by atoms with Crippen molar-refractivity contribution in [2.24, 2.45) is 0 Å². The molecule has 0 spiro atoms. The number of amides is 1. The first-order valence-electron chi connectivity index (χ1n) is 10.4. The highest BCUT2D eigenvalue weighted by Gasteiger charge is 2.37. The minimum atomic E-state index is -3.85. The van der Waals surface area contributed by atoms with E-state index in [1.54, 1.807) is 42.1 Å². The van der Waals surface area contributed by atoms with Gasteiger partial charge in [0.25, 0.3) is 13.4 Å². The van der Waals surface area contributed by atoms with Gasteiger partial charge in [0.15, 0.2) is 11.5 Å². The maximum absolute atomic E-state index is 13.7. The Morgan fingerprint density at radius 1 is 1.24 bits per heavy atom. The number of carbonyl (C=O) groups is 2. The first-order chi connectivity index (χ1) is 15.9. The Balaban J connectivity index is 1.75. The molecule has 182 valence electrons. The molecule has 2 aromatic heterocycles. The van der Waals surface area contributed by atoms with E-state index in [1.165, 1.54) is 20.2 Å². The number of nitrogens with one attached hydrogen (secondary N) is 2. The van der Waals surface area contributed by atoms with Gasteiger partial charge in [0.1, 0.15) is 23.7 Å². The third kappa shape index (κ3) is 5.96. The number of aromatic nitrogens is 4. The molecule has 12 nitrogen and oxygen atoms in total. The summed E-state index contributed by atoms with van der Waals surface area (Å²) in [5.74, 6) is -1.59. The molecule has 0 bridgehead atoms. The summed E-state index contributed by atoms with van der Waals surface area (Å²) in [7, 11) is -3.85. The first-order valence-corrected chi connectivity index (χ1v) is 12.3. The molecule has 0 aliphatic carbocycles. The minimum absolute atomic E-state index is 0.251. The summed E-state index contributed by atoms with van der Waals surface area (Å²) in [6, 6.07) is 6.69. The second kappa shape index (κ2) is 9.88. The van der Waals surface area contributed by atoms with Crippen molar-refractivity contribution in [3.63, 3.8) is 0 Å². The molecule has 1 aromatic carbocycles. The molecule has 3 rings (SSSR count). The molecule has 1 amide bonds. The van der Waals surface area contributed by atoms with Gasteiger partial charge >= 0.3 is 5.97 Å². The first kappa shape index (κ1) is 25.3. The second-order valence-corrected chi connectivity index (χ2v) is 10.7. The van der Waals surface area contributed by atoms with Crippen molar-refractivity contribution >= 4 is 36.3 Å². The fourth-order valence-electron chi connectivity index (χ4n) is 3.12. The van der Waals surface area contributed by atoms with E-state index in [1.807, 2.05) is 6.92 Å². The van der Waals surface area contributed by atoms with Crippen molar-refractivity contribution in [1.82, 2.24) is 29.7 Å². The highest BCUT2D eigenvalue weighted by molar-refractivity contribution is 7.60. The lowest BCUT2D eigenvalue weighted by atomic mass is 10.1. The molecule has 0 saturated carbocycles. The van der Waals surface area contributed by atoms with Crippen molar-refractivity contribution in [2.75, 3.05) is 12.1 Å². The molecule has 13 heteroatoms. The van der Waals surface area contributed by atoms with Crippen LogP contribution >= 0.6 is 7.44 Å². The highest BCUT2D eigenvalue weighted by atomic mass is 31.2. The van der Waals surface area contributed by atoms with Gasteiger partial charge in [-0.25, -0.2) is 20.0 Å². The molecule has 2 atom stereocenters. The van der Waals surface area contributed by atoms with Crippen molar-refractivity contribution in [1.29, 1.82) is 0 Å². The quantitative estimate of drug-likeness (QED) is 0.309. The Hall–Kier alpha value is -3.34. The van der Waals surface area contributed by atoms with E-state index in [9.17, 15) is 19.3 Å². The Bertz CT molecular complexity index is 1240. The maximum atomic E-state index is 13.7. The predicted octanol–water partition coefficient (Wildman–Crippen LogP) is 2.16. The van der Waals surface area contributed by atoms with Crippen molar-refractivity contribution < 1.29 is 24.0 Å². The van der Waals surface area contributed by atoms with Gasteiger partial charge in [-0.1, -0.05) is 17.7 Å². The van der Waals surface area contributed by atoms with E-state index in [0.29, 0.717) is 17.7 Å². The van der Waals surface area contributed by atoms with E-state index < -0.39 is 37.3 Å². The molecule has 0 fully saturated rings. The molecule has 0 saturated heterocycles. The fourth-order valence-corrected chi connectivity index (χ4v) is 5.22. The summed E-state index contributed by atoms with van der Waals surface area (Å²) in [6.07, 6.45) is 1.94. The number of hydrogen-bond donors (Lipinski definition) is 4. The van der Waals surface area contributed by atoms with E-state index in [4.69, 9.17) is 10.5 Å². The van der Waals surface area contributed by atoms with Crippen LogP contribution < -0.4 is 15.9 Å². The summed E-state index contributed by atoms with van der Waals surface area (Å²) in [6.45, 7) is 6.62. The zero-order chi connectivity index (χ0) is 25.1. The topological polar surface area (TPSA) is 174 Å². The number of nitrogens with two attached hydrogens (primary N) is 1. The van der Waals surface area contributed by atoms with Gasteiger partial charge in [-0.3, -0.25) is 19.2 Å². The van der Waals surface area contributed by atoms with E-state index >= 15 is 0 Å². The largest absolute Gasteiger partial charge is 0.480 e. The van der Waals surface area contributed by atoms with Crippen LogP contribution in [-0.4, -0.2) is 54.5 Å². The number of aliphatic carboxylic acids is 1. The summed E-state index contributed by atoms with van der Waals surface area (Å²) < 4.78 is 21.2. The number of imidazole rings is 1. The second-order valence-electron chi connectivity index (χ2n) is 8.52.